The molecule has 1 aromatic heterocycles. The van der Waals surface area contributed by atoms with E-state index in [-0.39, 0.29) is 0 Å². The van der Waals surface area contributed by atoms with Crippen LogP contribution >= 0.6 is 11.8 Å². The van der Waals surface area contributed by atoms with E-state index < -0.39 is 0 Å². The summed E-state index contributed by atoms with van der Waals surface area (Å²) in [6.45, 7) is 5.37. The van der Waals surface area contributed by atoms with Gasteiger partial charge in [-0.1, -0.05) is 24.6 Å². The van der Waals surface area contributed by atoms with Crippen LogP contribution in [0.2, 0.25) is 0 Å². The normalized spacial score (nSPS) is 12.6. The van der Waals surface area contributed by atoms with Gasteiger partial charge in [0.25, 0.3) is 0 Å². The molecule has 1 heterocycles. The first-order valence-electron chi connectivity index (χ1n) is 7.10. The molecule has 0 saturated carbocycles. The van der Waals surface area contributed by atoms with Crippen LogP contribution < -0.4 is 5.32 Å². The van der Waals surface area contributed by atoms with Crippen LogP contribution in [0.4, 0.5) is 0 Å². The van der Waals surface area contributed by atoms with Crippen molar-refractivity contribution in [2.24, 2.45) is 7.05 Å². The van der Waals surface area contributed by atoms with Crippen molar-refractivity contribution in [3.05, 3.63) is 47.8 Å². The maximum Gasteiger partial charge on any atom is 0.0537 e. The van der Waals surface area contributed by atoms with Gasteiger partial charge in [0.05, 0.1) is 6.20 Å². The quantitative estimate of drug-likeness (QED) is 0.790. The van der Waals surface area contributed by atoms with Crippen LogP contribution in [0, 0.1) is 6.92 Å². The fraction of sp³-hybridized carbons (Fsp3) is 0.438. The average Bonchev–Trinajstić information content (AvgIpc) is 2.85. The van der Waals surface area contributed by atoms with Crippen LogP contribution in [-0.4, -0.2) is 22.1 Å². The number of nitrogens with zero attached hydrogens (tertiary/aromatic N) is 2. The topological polar surface area (TPSA) is 29.9 Å². The van der Waals surface area contributed by atoms with Gasteiger partial charge in [0, 0.05) is 35.5 Å². The molecule has 0 saturated heterocycles. The Morgan fingerprint density at radius 2 is 2.25 bits per heavy atom. The Morgan fingerprint density at radius 1 is 1.40 bits per heavy atom. The molecule has 1 atom stereocenters. The van der Waals surface area contributed by atoms with Gasteiger partial charge in [-0.25, -0.2) is 0 Å². The molecule has 108 valence electrons. The third kappa shape index (κ3) is 4.39. The highest BCUT2D eigenvalue weighted by Crippen LogP contribution is 2.25. The predicted molar refractivity (Wildman–Crippen MR) is 86.1 cm³/mol. The Kier molecular flexibility index (Phi) is 5.68. The molecule has 0 aliphatic heterocycles. The summed E-state index contributed by atoms with van der Waals surface area (Å²) in [5.41, 5.74) is 2.58. The van der Waals surface area contributed by atoms with E-state index in [0.717, 1.165) is 18.7 Å². The Bertz CT molecular complexity index is 536. The molecular formula is C16H23N3S. The third-order valence-corrected chi connectivity index (χ3v) is 4.26. The Balaban J connectivity index is 2.00. The number of nitrogens with one attached hydrogen (secondary N) is 1. The molecule has 2 rings (SSSR count). The van der Waals surface area contributed by atoms with E-state index in [1.165, 1.54) is 16.0 Å². The maximum atomic E-state index is 4.28. The van der Waals surface area contributed by atoms with Crippen molar-refractivity contribution < 1.29 is 0 Å². The lowest BCUT2D eigenvalue weighted by atomic mass is 10.2. The van der Waals surface area contributed by atoms with E-state index in [0.29, 0.717) is 6.04 Å². The Hall–Kier alpha value is -1.26. The lowest BCUT2D eigenvalue weighted by Gasteiger charge is -2.16. The van der Waals surface area contributed by atoms with Gasteiger partial charge >= 0.3 is 0 Å². The first kappa shape index (κ1) is 15.1. The van der Waals surface area contributed by atoms with Gasteiger partial charge in [0.15, 0.2) is 0 Å². The first-order chi connectivity index (χ1) is 9.69. The minimum Gasteiger partial charge on any atom is -0.309 e. The summed E-state index contributed by atoms with van der Waals surface area (Å²) in [5.74, 6) is 1.02. The third-order valence-electron chi connectivity index (χ3n) is 3.17. The second-order valence-electron chi connectivity index (χ2n) is 5.08. The number of hydrogen-bond donors (Lipinski definition) is 1. The van der Waals surface area contributed by atoms with Crippen LogP contribution in [0.5, 0.6) is 0 Å². The fourth-order valence-corrected chi connectivity index (χ4v) is 3.21. The lowest BCUT2D eigenvalue weighted by Crippen LogP contribution is -2.23. The van der Waals surface area contributed by atoms with Crippen molar-refractivity contribution in [3.63, 3.8) is 0 Å². The molecule has 0 spiro atoms. The van der Waals surface area contributed by atoms with Crippen LogP contribution in [0.1, 0.15) is 30.5 Å². The molecule has 0 amide bonds. The molecule has 0 fully saturated rings. The molecule has 1 unspecified atom stereocenters. The standard InChI is InChI=1S/C16H23N3S/c1-4-8-17-16(14-10-18-19(3)11-14)12-20-15-7-5-6-13(2)9-15/h5-7,9-11,16-17H,4,8,12H2,1-3H3. The number of rotatable bonds is 7. The highest BCUT2D eigenvalue weighted by Gasteiger charge is 2.13. The van der Waals surface area contributed by atoms with Crippen LogP contribution in [0.3, 0.4) is 0 Å². The van der Waals surface area contributed by atoms with Crippen molar-refractivity contribution in [2.45, 2.75) is 31.2 Å². The van der Waals surface area contributed by atoms with E-state index in [1.54, 1.807) is 0 Å². The highest BCUT2D eigenvalue weighted by molar-refractivity contribution is 7.99. The van der Waals surface area contributed by atoms with Crippen molar-refractivity contribution in [3.8, 4) is 0 Å². The largest absolute Gasteiger partial charge is 0.309 e. The molecule has 4 heteroatoms. The number of hydrogen-bond acceptors (Lipinski definition) is 3. The second-order valence-corrected chi connectivity index (χ2v) is 6.17. The zero-order valence-corrected chi connectivity index (χ0v) is 13.3. The monoisotopic (exact) mass is 289 g/mol. The van der Waals surface area contributed by atoms with Crippen LogP contribution in [-0.2, 0) is 7.05 Å². The fourth-order valence-electron chi connectivity index (χ4n) is 2.10. The Labute approximate surface area is 125 Å². The van der Waals surface area contributed by atoms with Crippen molar-refractivity contribution >= 4 is 11.8 Å². The summed E-state index contributed by atoms with van der Waals surface area (Å²) < 4.78 is 1.87. The first-order valence-corrected chi connectivity index (χ1v) is 8.09. The predicted octanol–water partition coefficient (Wildman–Crippen LogP) is 3.56. The Morgan fingerprint density at radius 3 is 2.90 bits per heavy atom. The van der Waals surface area contributed by atoms with Gasteiger partial charge in [-0.05, 0) is 32.0 Å². The van der Waals surface area contributed by atoms with Crippen LogP contribution in [0.15, 0.2) is 41.6 Å². The molecule has 1 aromatic carbocycles. The summed E-state index contributed by atoms with van der Waals surface area (Å²) in [7, 11) is 1.97. The van der Waals surface area contributed by atoms with Gasteiger partial charge in [-0.15, -0.1) is 11.8 Å². The zero-order valence-electron chi connectivity index (χ0n) is 12.5. The maximum absolute atomic E-state index is 4.28. The molecule has 3 nitrogen and oxygen atoms in total. The van der Waals surface area contributed by atoms with Crippen molar-refractivity contribution in [1.82, 2.24) is 15.1 Å². The van der Waals surface area contributed by atoms with E-state index in [2.05, 4.69) is 54.7 Å². The number of aromatic nitrogens is 2. The zero-order chi connectivity index (χ0) is 14.4. The molecule has 2 aromatic rings. The smallest absolute Gasteiger partial charge is 0.0537 e. The van der Waals surface area contributed by atoms with Crippen LogP contribution in [0.25, 0.3) is 0 Å². The summed E-state index contributed by atoms with van der Waals surface area (Å²) in [5, 5.41) is 7.89. The molecule has 0 aliphatic rings. The molecule has 20 heavy (non-hydrogen) atoms. The van der Waals surface area contributed by atoms with Gasteiger partial charge in [0.1, 0.15) is 0 Å². The lowest BCUT2D eigenvalue weighted by molar-refractivity contribution is 0.577. The van der Waals surface area contributed by atoms with Gasteiger partial charge in [0.2, 0.25) is 0 Å². The van der Waals surface area contributed by atoms with E-state index >= 15 is 0 Å². The summed E-state index contributed by atoms with van der Waals surface area (Å²) in [6, 6.07) is 9.03. The average molecular weight is 289 g/mol. The summed E-state index contributed by atoms with van der Waals surface area (Å²) in [4.78, 5) is 1.33. The van der Waals surface area contributed by atoms with Gasteiger partial charge in [-0.3, -0.25) is 4.68 Å². The van der Waals surface area contributed by atoms with E-state index in [4.69, 9.17) is 0 Å². The molecule has 0 radical (unpaired) electrons. The van der Waals surface area contributed by atoms with Crippen molar-refractivity contribution in [1.29, 1.82) is 0 Å². The minimum absolute atomic E-state index is 0.356. The van der Waals surface area contributed by atoms with E-state index in [9.17, 15) is 0 Å². The SMILES string of the molecule is CCCNC(CSc1cccc(C)c1)c1cnn(C)c1. The molecule has 1 N–H and O–H groups in total. The number of thioether (sulfide) groups is 1. The second kappa shape index (κ2) is 7.50. The molecular weight excluding hydrogens is 266 g/mol. The summed E-state index contributed by atoms with van der Waals surface area (Å²) >= 11 is 1.90. The van der Waals surface area contributed by atoms with Gasteiger partial charge < -0.3 is 5.32 Å². The van der Waals surface area contributed by atoms with Crippen molar-refractivity contribution in [2.75, 3.05) is 12.3 Å². The molecule has 0 aliphatic carbocycles. The minimum atomic E-state index is 0.356. The summed E-state index contributed by atoms with van der Waals surface area (Å²) in [6.07, 6.45) is 5.21. The van der Waals surface area contributed by atoms with E-state index in [1.807, 2.05) is 29.7 Å². The highest BCUT2D eigenvalue weighted by atomic mass is 32.2. The number of benzene rings is 1. The van der Waals surface area contributed by atoms with Gasteiger partial charge in [-0.2, -0.15) is 5.10 Å². The number of aryl methyl sites for hydroxylation is 2. The molecule has 0 bridgehead atoms.